The molecule has 2 rings (SSSR count). The van der Waals surface area contributed by atoms with Crippen LogP contribution in [0.5, 0.6) is 0 Å². The SMILES string of the molecule is CC(C)c1cc(C(C)C)c(SCCSc2c(C(C)C)cc(C(C)C)cc2C(C)C)c(C(C)C)c1.[Cl][Pd][Cl]. The first-order valence-electron chi connectivity index (χ1n) is 13.7. The van der Waals surface area contributed by atoms with Crippen molar-refractivity contribution in [2.75, 3.05) is 11.5 Å². The summed E-state index contributed by atoms with van der Waals surface area (Å²) in [5.74, 6) is 5.64. The molecule has 0 bridgehead atoms. The third-order valence-electron chi connectivity index (χ3n) is 6.73. The zero-order valence-corrected chi connectivity index (χ0v) is 29.8. The Morgan fingerprint density at radius 3 is 0.865 bits per heavy atom. The molecule has 0 aliphatic carbocycles. The summed E-state index contributed by atoms with van der Waals surface area (Å²) in [6.45, 7) is 28.1. The van der Waals surface area contributed by atoms with Crippen LogP contribution in [0.1, 0.15) is 152 Å². The predicted molar refractivity (Wildman–Crippen MR) is 171 cm³/mol. The predicted octanol–water partition coefficient (Wildman–Crippen LogP) is 12.7. The maximum atomic E-state index is 4.81. The number of hydrogen-bond acceptors (Lipinski definition) is 2. The Bertz CT molecular complexity index is 830. The molecule has 37 heavy (non-hydrogen) atoms. The van der Waals surface area contributed by atoms with Gasteiger partial charge in [-0.2, -0.15) is 0 Å². The van der Waals surface area contributed by atoms with Gasteiger partial charge in [0.05, 0.1) is 0 Å². The number of rotatable bonds is 11. The Morgan fingerprint density at radius 2 is 0.703 bits per heavy atom. The minimum atomic E-state index is -0.106. The normalized spacial score (nSPS) is 12.0. The van der Waals surface area contributed by atoms with Crippen LogP contribution < -0.4 is 0 Å². The Kier molecular flexibility index (Phi) is 16.5. The van der Waals surface area contributed by atoms with Gasteiger partial charge in [-0.1, -0.05) is 107 Å². The van der Waals surface area contributed by atoms with E-state index < -0.39 is 0 Å². The van der Waals surface area contributed by atoms with Crippen molar-refractivity contribution in [3.63, 3.8) is 0 Å². The third kappa shape index (κ3) is 10.7. The van der Waals surface area contributed by atoms with Crippen molar-refractivity contribution in [1.82, 2.24) is 0 Å². The number of halogens is 2. The third-order valence-corrected chi connectivity index (χ3v) is 9.33. The number of thioether (sulfide) groups is 2. The molecule has 0 atom stereocenters. The van der Waals surface area contributed by atoms with E-state index in [4.69, 9.17) is 19.1 Å². The van der Waals surface area contributed by atoms with Crippen LogP contribution in [-0.2, 0) is 15.9 Å². The zero-order valence-electron chi connectivity index (χ0n) is 25.1. The van der Waals surface area contributed by atoms with E-state index in [2.05, 4.69) is 131 Å². The fraction of sp³-hybridized carbons (Fsp3) is 0.625. The molecular formula is C32H50Cl2PdS2. The van der Waals surface area contributed by atoms with Gasteiger partial charge in [-0.15, -0.1) is 23.5 Å². The van der Waals surface area contributed by atoms with Crippen LogP contribution in [0, 0.1) is 0 Å². The second-order valence-electron chi connectivity index (χ2n) is 11.7. The molecule has 0 aromatic heterocycles. The Morgan fingerprint density at radius 1 is 0.486 bits per heavy atom. The van der Waals surface area contributed by atoms with Crippen molar-refractivity contribution in [2.24, 2.45) is 0 Å². The van der Waals surface area contributed by atoms with Gasteiger partial charge in [-0.05, 0) is 68.9 Å². The summed E-state index contributed by atoms with van der Waals surface area (Å²) in [7, 11) is 9.63. The summed E-state index contributed by atoms with van der Waals surface area (Å²) in [5.41, 5.74) is 9.13. The van der Waals surface area contributed by atoms with Gasteiger partial charge < -0.3 is 0 Å². The summed E-state index contributed by atoms with van der Waals surface area (Å²) in [4.78, 5) is 3.08. The van der Waals surface area contributed by atoms with Gasteiger partial charge in [0.25, 0.3) is 0 Å². The van der Waals surface area contributed by atoms with Crippen LogP contribution >= 0.6 is 42.6 Å². The van der Waals surface area contributed by atoms with Crippen molar-refractivity contribution in [2.45, 2.75) is 128 Å². The molecule has 5 heteroatoms. The molecule has 2 aromatic carbocycles. The molecule has 0 aliphatic rings. The van der Waals surface area contributed by atoms with Crippen molar-refractivity contribution in [3.8, 4) is 0 Å². The molecule has 0 N–H and O–H groups in total. The van der Waals surface area contributed by atoms with Crippen molar-refractivity contribution < 1.29 is 15.9 Å². The maximum absolute atomic E-state index is 4.81. The van der Waals surface area contributed by atoms with Crippen LogP contribution in [0.25, 0.3) is 0 Å². The second kappa shape index (κ2) is 17.3. The van der Waals surface area contributed by atoms with E-state index >= 15 is 0 Å². The monoisotopic (exact) mass is 674 g/mol. The first-order chi connectivity index (χ1) is 17.3. The first-order valence-corrected chi connectivity index (χ1v) is 19.7. The fourth-order valence-corrected chi connectivity index (χ4v) is 7.32. The number of hydrogen-bond donors (Lipinski definition) is 0. The second-order valence-corrected chi connectivity index (χ2v) is 16.3. The molecule has 0 fully saturated rings. The molecule has 0 heterocycles. The summed E-state index contributed by atoms with van der Waals surface area (Å²) in [5, 5.41) is 0. The van der Waals surface area contributed by atoms with E-state index in [0.29, 0.717) is 35.5 Å². The van der Waals surface area contributed by atoms with E-state index in [1.165, 1.54) is 33.4 Å². The van der Waals surface area contributed by atoms with Crippen molar-refractivity contribution in [1.29, 1.82) is 0 Å². The molecule has 0 spiro atoms. The topological polar surface area (TPSA) is 0 Å². The summed E-state index contributed by atoms with van der Waals surface area (Å²) < 4.78 is 0. The summed E-state index contributed by atoms with van der Waals surface area (Å²) in [6.07, 6.45) is 0. The van der Waals surface area contributed by atoms with Gasteiger partial charge in [0, 0.05) is 21.3 Å². The van der Waals surface area contributed by atoms with E-state index in [1.54, 1.807) is 9.79 Å². The van der Waals surface area contributed by atoms with Gasteiger partial charge in [0.1, 0.15) is 0 Å². The van der Waals surface area contributed by atoms with E-state index in [1.807, 2.05) is 0 Å². The van der Waals surface area contributed by atoms with Gasteiger partial charge in [-0.25, -0.2) is 0 Å². The minimum absolute atomic E-state index is 0.106. The molecule has 0 saturated carbocycles. The van der Waals surface area contributed by atoms with Gasteiger partial charge in [0.15, 0.2) is 0 Å². The van der Waals surface area contributed by atoms with E-state index in [0.717, 1.165) is 11.5 Å². The quantitative estimate of drug-likeness (QED) is 0.132. The van der Waals surface area contributed by atoms with E-state index in [-0.39, 0.29) is 15.9 Å². The van der Waals surface area contributed by atoms with Crippen LogP contribution in [0.4, 0.5) is 0 Å². The van der Waals surface area contributed by atoms with Crippen molar-refractivity contribution in [3.05, 3.63) is 57.6 Å². The van der Waals surface area contributed by atoms with Crippen LogP contribution in [-0.4, -0.2) is 11.5 Å². The average Bonchev–Trinajstić information content (AvgIpc) is 2.80. The number of benzene rings is 2. The first kappa shape index (κ1) is 35.4. The average molecular weight is 676 g/mol. The molecule has 0 nitrogen and oxygen atoms in total. The Hall–Kier alpha value is 0.382. The molecule has 0 radical (unpaired) electrons. The van der Waals surface area contributed by atoms with E-state index in [9.17, 15) is 0 Å². The molecule has 0 saturated heterocycles. The fourth-order valence-electron chi connectivity index (χ4n) is 4.40. The zero-order chi connectivity index (χ0) is 28.4. The van der Waals surface area contributed by atoms with Gasteiger partial charge >= 0.3 is 35.0 Å². The molecule has 0 aliphatic heterocycles. The van der Waals surface area contributed by atoms with Crippen LogP contribution in [0.2, 0.25) is 0 Å². The summed E-state index contributed by atoms with van der Waals surface area (Å²) >= 11 is 4.07. The standard InChI is InChI=1S/C32H50S2.2ClH.Pd/c1-19(2)25-15-27(21(5)6)31(28(16-25)22(7)8)33-13-14-34-32-29(23(9)10)17-26(20(3)4)18-30(32)24(11)12;;;/h15-24H,13-14H2,1-12H3;2*1H;/q;;;+2/p-2. The van der Waals surface area contributed by atoms with Gasteiger partial charge in [0.2, 0.25) is 0 Å². The van der Waals surface area contributed by atoms with Crippen molar-refractivity contribution >= 4 is 42.6 Å². The molecule has 0 amide bonds. The Balaban J connectivity index is 0.00000217. The molecule has 214 valence electrons. The summed E-state index contributed by atoms with van der Waals surface area (Å²) in [6, 6.07) is 9.92. The van der Waals surface area contributed by atoms with Gasteiger partial charge in [-0.3, -0.25) is 0 Å². The molecule has 0 unspecified atom stereocenters. The van der Waals surface area contributed by atoms with Crippen LogP contribution in [0.3, 0.4) is 0 Å². The molecular weight excluding hydrogens is 626 g/mol. The van der Waals surface area contributed by atoms with Crippen LogP contribution in [0.15, 0.2) is 34.1 Å². The molecule has 2 aromatic rings. The Labute approximate surface area is 254 Å².